The third-order valence-electron chi connectivity index (χ3n) is 24.3. The summed E-state index contributed by atoms with van der Waals surface area (Å²) in [6.45, 7) is 4.92. The van der Waals surface area contributed by atoms with Crippen molar-refractivity contribution in [2.45, 2.75) is 200 Å². The highest BCUT2D eigenvalue weighted by atomic mass is 35.5. The van der Waals surface area contributed by atoms with Crippen LogP contribution in [0.2, 0.25) is 10.0 Å². The lowest BCUT2D eigenvalue weighted by Gasteiger charge is -2.54. The van der Waals surface area contributed by atoms with Gasteiger partial charge >= 0.3 is 0 Å². The predicted octanol–water partition coefficient (Wildman–Crippen LogP) is 2.81. The summed E-state index contributed by atoms with van der Waals surface area (Å²) in [5.74, 6) is -14.6. The second-order valence-corrected chi connectivity index (χ2v) is 35.9. The third kappa shape index (κ3) is 18.8. The molecule has 0 aromatic heterocycles. The number of carbonyl (C=O) groups excluding carboxylic acids is 8. The second kappa shape index (κ2) is 37.1. The van der Waals surface area contributed by atoms with Crippen LogP contribution in [0.1, 0.15) is 166 Å². The summed E-state index contributed by atoms with van der Waals surface area (Å²) in [4.78, 5) is 123. The number of sulfonamides is 1. The Morgan fingerprint density at radius 2 is 1.30 bits per heavy atom. The summed E-state index contributed by atoms with van der Waals surface area (Å²) in [5.41, 5.74) is 9.19. The van der Waals surface area contributed by atoms with Crippen LogP contribution < -0.4 is 83.0 Å². The van der Waals surface area contributed by atoms with Crippen molar-refractivity contribution in [3.05, 3.63) is 152 Å². The van der Waals surface area contributed by atoms with Crippen molar-refractivity contribution in [3.63, 3.8) is 0 Å². The van der Waals surface area contributed by atoms with Gasteiger partial charge in [-0.1, -0.05) is 87.5 Å². The molecule has 123 heavy (non-hydrogen) atoms. The number of fused-ring (bicyclic) bond motifs is 12. The zero-order valence-electron chi connectivity index (χ0n) is 67.6. The molecular formula is C85H102Cl2N12O23S. The minimum Gasteiger partial charge on any atom is -0.508 e. The molecule has 0 spiro atoms. The Kier molecular flexibility index (Phi) is 27.0. The van der Waals surface area contributed by atoms with Gasteiger partial charge in [0.25, 0.3) is 0 Å². The molecule has 5 fully saturated rings. The SMILES string of the molecule is CCCCCCOc1ccc(S(=O)(=O)NCCNCc2c(O)cc3c4c2C(O)(O)c2ccc(cc2-4)[C@H]2NC(=O)[C@@H]4NC(=O)[C@H](CC(N)=O)NC(=O)[C@H](NC(=O)[C@@H](CC(C)C)NC)[C@H](O)c5ccc(c(Cl)c5)Oc5cc4cc(c5O[C@@H]4O[C@H](CN)[C@@H](O)[C@H](O)[C@H]4O)Oc4ccc(cc4Cl)[C@@H](O)[C@H](NC2=O)C(=O)N[C@@H]3C(=O)NC2C3CC4CC(C3)CC2C4)cc1. The highest BCUT2D eigenvalue weighted by Crippen LogP contribution is 2.57. The van der Waals surface area contributed by atoms with Crippen LogP contribution in [0.4, 0.5) is 0 Å². The van der Waals surface area contributed by atoms with Crippen molar-refractivity contribution in [1.82, 2.24) is 52.6 Å². The predicted molar refractivity (Wildman–Crippen MR) is 441 cm³/mol. The highest BCUT2D eigenvalue weighted by molar-refractivity contribution is 7.89. The molecule has 6 aromatic carbocycles. The van der Waals surface area contributed by atoms with Crippen LogP contribution in [0.3, 0.4) is 0 Å². The number of primary amides is 1. The number of nitrogens with two attached hydrogens (primary N) is 2. The van der Waals surface area contributed by atoms with Crippen LogP contribution in [-0.2, 0) is 65.4 Å². The number of unbranched alkanes of at least 4 members (excludes halogenated alkanes) is 3. The summed E-state index contributed by atoms with van der Waals surface area (Å²) >= 11 is 14.3. The molecule has 22 N–H and O–H groups in total. The molecule has 15 bridgehead atoms. The topological polar surface area (TPSA) is 551 Å². The van der Waals surface area contributed by atoms with E-state index in [0.29, 0.717) is 24.2 Å². The van der Waals surface area contributed by atoms with Gasteiger partial charge in [-0.3, -0.25) is 38.4 Å². The van der Waals surface area contributed by atoms with Gasteiger partial charge in [-0.15, -0.1) is 0 Å². The van der Waals surface area contributed by atoms with Gasteiger partial charge in [-0.2, -0.15) is 0 Å². The van der Waals surface area contributed by atoms with E-state index in [1.165, 1.54) is 61.6 Å². The Morgan fingerprint density at radius 1 is 0.675 bits per heavy atom. The van der Waals surface area contributed by atoms with E-state index in [9.17, 15) is 58.9 Å². The molecule has 6 aromatic rings. The van der Waals surface area contributed by atoms with Crippen molar-refractivity contribution >= 4 is 80.5 Å². The Morgan fingerprint density at radius 3 is 1.92 bits per heavy atom. The van der Waals surface area contributed by atoms with E-state index >= 15 is 28.8 Å². The normalized spacial score (nSPS) is 27.7. The van der Waals surface area contributed by atoms with Gasteiger partial charge in [0.15, 0.2) is 11.5 Å². The monoisotopic (exact) mass is 1760 g/mol. The number of phenols is 1. The summed E-state index contributed by atoms with van der Waals surface area (Å²) in [6.07, 6.45) is -6.23. The molecule has 14 atom stereocenters. The van der Waals surface area contributed by atoms with E-state index in [0.717, 1.165) is 88.1 Å². The average Bonchev–Trinajstić information content (AvgIpc) is 1.55. The summed E-state index contributed by atoms with van der Waals surface area (Å²) in [6, 6.07) is 5.67. The standard InChI is InChI=1S/C85H102Cl2N12O23S/c1-5-6-7-8-21-118-46-12-14-47(15-13-46)123(116,117)92-20-19-91-36-50-56(100)33-49-63-48-28-40(9-16-51(48)85(114,115)64(50)63)66-79(109)99-70(83(113)97-68(49)81(111)94-65-43-24-38-23-39(26-43)27-44(65)25-38)72(103)42-11-18-58(53(87)30-42)120-60-32-45-31-59(76(60)122-84-75(106)74(105)73(104)61(35-88)121-84)119-57-17-10-41(29-52(57)86)71(102)69(98-77(107)54(90-4)22-37(2)3)82(112)93-55(34-62(89)101)78(108)95-67(45)80(110)96-66/h9-18,28-33,37-39,43-44,54-55,61,65-75,84,90-92,100,102-106,114-115H,5-8,19-27,34-36,88H2,1-4H3,(H2,89,101)(H,93,112)(H,94,111)(H,95,108)(H,96,110)(H,97,113)(H,98,107)(H,99,109)/t38?,39?,43?,44?,54-,55+,61-,65?,66-,67-,68+,69-,70+,71-,72-,73-,74+,75-,84+/m1/s1. The van der Waals surface area contributed by atoms with Crippen molar-refractivity contribution in [2.24, 2.45) is 41.1 Å². The van der Waals surface area contributed by atoms with Gasteiger partial charge < -0.3 is 124 Å². The van der Waals surface area contributed by atoms with Crippen molar-refractivity contribution in [1.29, 1.82) is 0 Å². The molecule has 35 nitrogen and oxygen atoms in total. The lowest BCUT2D eigenvalue weighted by molar-refractivity contribution is -0.270. The number of carbonyl (C=O) groups is 8. The number of aliphatic hydroxyl groups excluding tert-OH is 5. The van der Waals surface area contributed by atoms with Crippen LogP contribution in [0.15, 0.2) is 102 Å². The number of hydrogen-bond donors (Lipinski definition) is 20. The van der Waals surface area contributed by atoms with E-state index in [1.807, 2.05) is 13.8 Å². The molecule has 0 unspecified atom stereocenters. The molecule has 4 saturated carbocycles. The number of amides is 8. The number of phenolic OH excluding ortho intramolecular Hbond substituents is 1. The fourth-order valence-corrected chi connectivity index (χ4v) is 19.8. The number of aromatic hydroxyl groups is 1. The second-order valence-electron chi connectivity index (χ2n) is 33.3. The van der Waals surface area contributed by atoms with E-state index < -0.39 is 208 Å². The van der Waals surface area contributed by atoms with E-state index in [1.54, 1.807) is 12.1 Å². The summed E-state index contributed by atoms with van der Waals surface area (Å²) in [7, 11) is -2.65. The molecule has 1 saturated heterocycles. The number of hydrogen-bond acceptors (Lipinski definition) is 26. The van der Waals surface area contributed by atoms with Gasteiger partial charge in [0.1, 0.15) is 95.9 Å². The van der Waals surface area contributed by atoms with Crippen LogP contribution in [-0.4, -0.2) is 191 Å². The molecule has 17 rings (SSSR count). The Labute approximate surface area is 717 Å². The Bertz CT molecular complexity index is 5150. The molecule has 6 heterocycles. The molecule has 660 valence electrons. The number of halogens is 2. The van der Waals surface area contributed by atoms with Crippen molar-refractivity contribution in [3.8, 4) is 51.4 Å². The number of ether oxygens (including phenoxy) is 5. The van der Waals surface area contributed by atoms with Gasteiger partial charge in [0.05, 0.1) is 34.0 Å². The molecule has 11 aliphatic rings. The number of nitrogens with one attached hydrogen (secondary N) is 10. The zero-order chi connectivity index (χ0) is 87.9. The van der Waals surface area contributed by atoms with Crippen LogP contribution in [0, 0.1) is 29.6 Å². The van der Waals surface area contributed by atoms with E-state index in [2.05, 4.69) is 59.5 Å². The number of rotatable bonds is 25. The van der Waals surface area contributed by atoms with Crippen LogP contribution >= 0.6 is 23.2 Å². The van der Waals surface area contributed by atoms with Crippen molar-refractivity contribution in [2.75, 3.05) is 33.3 Å². The average molecular weight is 1760 g/mol. The maximum Gasteiger partial charge on any atom is 0.248 e. The first-order chi connectivity index (χ1) is 58.6. The fourth-order valence-electron chi connectivity index (χ4n) is 18.3. The number of benzene rings is 6. The molecule has 38 heteroatoms. The molecule has 5 aliphatic carbocycles. The molecule has 8 amide bonds. The quantitative estimate of drug-likeness (QED) is 0.0289. The minimum absolute atomic E-state index is 0.0268. The van der Waals surface area contributed by atoms with E-state index in [4.69, 9.17) is 58.4 Å². The first-order valence-electron chi connectivity index (χ1n) is 41.2. The van der Waals surface area contributed by atoms with Crippen molar-refractivity contribution < 1.29 is 111 Å². The van der Waals surface area contributed by atoms with Gasteiger partial charge in [-0.05, 0) is 193 Å². The maximum absolute atomic E-state index is 16.5. The first-order valence-corrected chi connectivity index (χ1v) is 43.4. The molecule has 6 aliphatic heterocycles. The van der Waals surface area contributed by atoms with Crippen LogP contribution in [0.5, 0.6) is 40.2 Å². The van der Waals surface area contributed by atoms with Gasteiger partial charge in [-0.25, -0.2) is 13.1 Å². The molecular weight excluding hydrogens is 1660 g/mol. The van der Waals surface area contributed by atoms with Crippen LogP contribution in [0.25, 0.3) is 11.1 Å². The first kappa shape index (κ1) is 89.4. The Balaban J connectivity index is 0.918. The summed E-state index contributed by atoms with van der Waals surface area (Å²) < 4.78 is 61.4. The lowest BCUT2D eigenvalue weighted by Crippen LogP contribution is -2.60. The van der Waals surface area contributed by atoms with E-state index in [-0.39, 0.29) is 108 Å². The maximum atomic E-state index is 16.5. The fraction of sp³-hybridized carbons (Fsp3) is 0.482. The Hall–Kier alpha value is -9.87. The zero-order valence-corrected chi connectivity index (χ0v) is 69.9. The van der Waals surface area contributed by atoms with Gasteiger partial charge in [0, 0.05) is 48.9 Å². The third-order valence-corrected chi connectivity index (χ3v) is 26.4. The largest absolute Gasteiger partial charge is 0.508 e. The highest BCUT2D eigenvalue weighted by Gasteiger charge is 2.53. The van der Waals surface area contributed by atoms with Gasteiger partial charge in [0.2, 0.25) is 75.1 Å². The lowest BCUT2D eigenvalue weighted by atomic mass is 9.54. The minimum atomic E-state index is -4.13. The number of likely N-dealkylation sites (N-methyl/N-ethyl adjacent to an activating group) is 1. The number of aliphatic hydroxyl groups is 7. The summed E-state index contributed by atoms with van der Waals surface area (Å²) in [5, 5.41) is 122. The molecule has 0 radical (unpaired) electrons. The smallest absolute Gasteiger partial charge is 0.248 e.